The summed E-state index contributed by atoms with van der Waals surface area (Å²) in [4.78, 5) is 24.5. The SMILES string of the molecule is Cc1ccc(S(=O)(=O)N2CCCS(=O)(=O)C(C)(C)[C@@H]2C(=O)NO)cc1.Cc1ccc(S(=O)(=O)N2CCCSC(C)(C)[C@@H]2C(=O)NO)cc1. The van der Waals surface area contributed by atoms with E-state index in [2.05, 4.69) is 0 Å². The quantitative estimate of drug-likeness (QED) is 0.249. The van der Waals surface area contributed by atoms with Crippen LogP contribution in [0.1, 0.15) is 51.7 Å². The first kappa shape index (κ1) is 39.9. The van der Waals surface area contributed by atoms with Crippen LogP contribution in [0.15, 0.2) is 58.3 Å². The number of nitrogens with one attached hydrogen (secondary N) is 2. The number of carbonyl (C=O) groups is 2. The molecule has 4 rings (SSSR count). The van der Waals surface area contributed by atoms with E-state index in [1.807, 2.05) is 20.8 Å². The summed E-state index contributed by atoms with van der Waals surface area (Å²) in [5, 5.41) is 18.1. The standard InChI is InChI=1S/C15H22N2O6S2.C15H22N2O4S2/c1-11-5-7-12(8-6-11)25(22,23)17-9-4-10-24(20,21)15(2,3)13(17)14(18)16-19;1-11-5-7-12(8-6-11)23(20,21)17-9-4-10-22-15(2,3)13(17)14(18)16-19/h5-8,13,19H,4,9-10H2,1-3H3,(H,16,18);5-8,13,19H,4,9-10H2,1-3H3,(H,16,18)/t2*13-/m00/s1. The van der Waals surface area contributed by atoms with Crippen LogP contribution in [0.2, 0.25) is 0 Å². The van der Waals surface area contributed by atoms with Gasteiger partial charge in [0.2, 0.25) is 20.0 Å². The zero-order valence-electron chi connectivity index (χ0n) is 27.7. The Bertz CT molecular complexity index is 1800. The molecule has 2 fully saturated rings. The molecule has 18 heteroatoms. The van der Waals surface area contributed by atoms with Crippen LogP contribution in [-0.4, -0.2) is 102 Å². The summed E-state index contributed by atoms with van der Waals surface area (Å²) < 4.78 is 76.9. The summed E-state index contributed by atoms with van der Waals surface area (Å²) in [7, 11) is -11.7. The molecule has 48 heavy (non-hydrogen) atoms. The molecule has 268 valence electrons. The highest BCUT2D eigenvalue weighted by molar-refractivity contribution is 8.00. The molecule has 0 bridgehead atoms. The second kappa shape index (κ2) is 15.1. The number of aryl methyl sites for hydroxylation is 2. The summed E-state index contributed by atoms with van der Waals surface area (Å²) in [5.41, 5.74) is 4.85. The van der Waals surface area contributed by atoms with Crippen molar-refractivity contribution in [2.24, 2.45) is 0 Å². The van der Waals surface area contributed by atoms with Crippen molar-refractivity contribution in [3.8, 4) is 0 Å². The molecule has 14 nitrogen and oxygen atoms in total. The molecule has 2 aromatic rings. The summed E-state index contributed by atoms with van der Waals surface area (Å²) >= 11 is 1.53. The Balaban J connectivity index is 0.000000261. The van der Waals surface area contributed by atoms with Crippen molar-refractivity contribution in [1.82, 2.24) is 19.6 Å². The van der Waals surface area contributed by atoms with E-state index >= 15 is 0 Å². The lowest BCUT2D eigenvalue weighted by atomic mass is 10.0. The van der Waals surface area contributed by atoms with Crippen molar-refractivity contribution in [3.05, 3.63) is 59.7 Å². The van der Waals surface area contributed by atoms with Gasteiger partial charge in [-0.25, -0.2) is 36.2 Å². The minimum atomic E-state index is -4.13. The maximum absolute atomic E-state index is 13.1. The molecule has 2 aromatic carbocycles. The van der Waals surface area contributed by atoms with Crippen LogP contribution in [0.3, 0.4) is 0 Å². The molecule has 2 atom stereocenters. The highest BCUT2D eigenvalue weighted by Crippen LogP contribution is 2.38. The van der Waals surface area contributed by atoms with Gasteiger partial charge in [0.05, 0.1) is 20.3 Å². The molecular weight excluding hydrogens is 705 g/mol. The topological polar surface area (TPSA) is 208 Å². The molecule has 0 radical (unpaired) electrons. The van der Waals surface area contributed by atoms with E-state index < -0.39 is 63.3 Å². The molecule has 2 saturated heterocycles. The highest BCUT2D eigenvalue weighted by Gasteiger charge is 2.53. The van der Waals surface area contributed by atoms with Crippen LogP contribution >= 0.6 is 11.8 Å². The second-order valence-corrected chi connectivity index (χ2v) is 20.9. The fourth-order valence-corrected chi connectivity index (χ4v) is 12.1. The fourth-order valence-electron chi connectivity index (χ4n) is 5.65. The van der Waals surface area contributed by atoms with Gasteiger partial charge in [-0.15, -0.1) is 0 Å². The Morgan fingerprint density at radius 2 is 1.15 bits per heavy atom. The molecule has 2 amide bonds. The number of carbonyl (C=O) groups excluding carboxylic acids is 2. The van der Waals surface area contributed by atoms with Crippen LogP contribution in [0.25, 0.3) is 0 Å². The van der Waals surface area contributed by atoms with Crippen LogP contribution in [-0.2, 0) is 39.5 Å². The smallest absolute Gasteiger partial charge is 0.263 e. The minimum absolute atomic E-state index is 0.0380. The van der Waals surface area contributed by atoms with Gasteiger partial charge < -0.3 is 0 Å². The van der Waals surface area contributed by atoms with E-state index in [1.54, 1.807) is 48.8 Å². The minimum Gasteiger partial charge on any atom is -0.289 e. The van der Waals surface area contributed by atoms with E-state index in [0.717, 1.165) is 21.2 Å². The first-order chi connectivity index (χ1) is 22.1. The number of nitrogens with zero attached hydrogens (tertiary/aromatic N) is 2. The zero-order valence-corrected chi connectivity index (χ0v) is 31.0. The lowest BCUT2D eigenvalue weighted by molar-refractivity contribution is -0.134. The van der Waals surface area contributed by atoms with Gasteiger partial charge in [0.25, 0.3) is 11.8 Å². The molecule has 0 aromatic heterocycles. The van der Waals surface area contributed by atoms with Gasteiger partial charge in [0.15, 0.2) is 9.84 Å². The number of sulfone groups is 1. The lowest BCUT2D eigenvalue weighted by Crippen LogP contribution is -2.60. The van der Waals surface area contributed by atoms with E-state index in [9.17, 15) is 34.8 Å². The summed E-state index contributed by atoms with van der Waals surface area (Å²) in [6.45, 7) is 10.0. The zero-order chi connectivity index (χ0) is 36.3. The summed E-state index contributed by atoms with van der Waals surface area (Å²) in [6.07, 6.45) is 0.709. The fraction of sp³-hybridized carbons (Fsp3) is 0.533. The first-order valence-corrected chi connectivity index (χ1v) is 20.6. The summed E-state index contributed by atoms with van der Waals surface area (Å²) in [5.74, 6) is -1.27. The Morgan fingerprint density at radius 1 is 0.750 bits per heavy atom. The number of hydroxylamine groups is 2. The van der Waals surface area contributed by atoms with E-state index in [-0.39, 0.29) is 35.1 Å². The lowest BCUT2D eigenvalue weighted by Gasteiger charge is -2.36. The third kappa shape index (κ3) is 8.23. The Labute approximate surface area is 287 Å². The molecule has 0 spiro atoms. The monoisotopic (exact) mass is 748 g/mol. The van der Waals surface area contributed by atoms with Crippen molar-refractivity contribution in [2.45, 2.75) is 85.8 Å². The van der Waals surface area contributed by atoms with E-state index in [0.29, 0.717) is 6.42 Å². The predicted molar refractivity (Wildman–Crippen MR) is 181 cm³/mol. The predicted octanol–water partition coefficient (Wildman–Crippen LogP) is 2.23. The third-order valence-electron chi connectivity index (χ3n) is 8.46. The van der Waals surface area contributed by atoms with Crippen molar-refractivity contribution in [3.63, 3.8) is 0 Å². The number of benzene rings is 2. The van der Waals surface area contributed by atoms with Crippen molar-refractivity contribution >= 4 is 53.5 Å². The Kier molecular flexibility index (Phi) is 12.6. The molecule has 4 N–H and O–H groups in total. The van der Waals surface area contributed by atoms with Crippen molar-refractivity contribution in [2.75, 3.05) is 24.6 Å². The molecule has 2 aliphatic rings. The maximum atomic E-state index is 13.1. The van der Waals surface area contributed by atoms with Gasteiger partial charge in [-0.05, 0) is 84.4 Å². The Hall–Kier alpha value is -2.58. The van der Waals surface area contributed by atoms with Crippen LogP contribution in [0, 0.1) is 13.8 Å². The maximum Gasteiger partial charge on any atom is 0.263 e. The van der Waals surface area contributed by atoms with Crippen LogP contribution < -0.4 is 11.0 Å². The summed E-state index contributed by atoms with van der Waals surface area (Å²) in [6, 6.07) is 10.0. The number of sulfonamides is 2. The van der Waals surface area contributed by atoms with E-state index in [1.165, 1.54) is 47.5 Å². The molecular formula is C30H44N4O10S4. The molecule has 0 unspecified atom stereocenters. The van der Waals surface area contributed by atoms with Crippen molar-refractivity contribution in [1.29, 1.82) is 0 Å². The van der Waals surface area contributed by atoms with Gasteiger partial charge in [0, 0.05) is 17.8 Å². The number of amides is 2. The molecule has 2 aliphatic heterocycles. The number of thioether (sulfide) groups is 1. The van der Waals surface area contributed by atoms with Gasteiger partial charge in [-0.3, -0.25) is 20.0 Å². The molecule has 0 aliphatic carbocycles. The van der Waals surface area contributed by atoms with E-state index in [4.69, 9.17) is 10.4 Å². The first-order valence-electron chi connectivity index (χ1n) is 15.1. The second-order valence-electron chi connectivity index (χ2n) is 12.7. The van der Waals surface area contributed by atoms with Crippen LogP contribution in [0.4, 0.5) is 0 Å². The van der Waals surface area contributed by atoms with Crippen LogP contribution in [0.5, 0.6) is 0 Å². The van der Waals surface area contributed by atoms with Gasteiger partial charge in [-0.2, -0.15) is 20.4 Å². The van der Waals surface area contributed by atoms with Crippen molar-refractivity contribution < 1.29 is 45.3 Å². The molecule has 0 saturated carbocycles. The molecule has 2 heterocycles. The number of hydrogen-bond acceptors (Lipinski definition) is 11. The average molecular weight is 749 g/mol. The van der Waals surface area contributed by atoms with Gasteiger partial charge >= 0.3 is 0 Å². The largest absolute Gasteiger partial charge is 0.289 e. The Morgan fingerprint density at radius 3 is 1.58 bits per heavy atom. The normalized spacial score (nSPS) is 23.0. The van der Waals surface area contributed by atoms with Gasteiger partial charge in [-0.1, -0.05) is 35.4 Å². The van der Waals surface area contributed by atoms with Gasteiger partial charge in [0.1, 0.15) is 12.1 Å². The number of rotatable bonds is 6. The third-order valence-corrected chi connectivity index (χ3v) is 16.3. The average Bonchev–Trinajstić information content (AvgIpc) is 3.23. The highest BCUT2D eigenvalue weighted by atomic mass is 32.2. The number of hydrogen-bond donors (Lipinski definition) is 4.